The molecule has 12 heteroatoms. The van der Waals surface area contributed by atoms with E-state index in [1.54, 1.807) is 13.8 Å². The third-order valence-corrected chi connectivity index (χ3v) is 6.58. The lowest BCUT2D eigenvalue weighted by Gasteiger charge is -2.35. The Balaban J connectivity index is 1.66. The first-order valence-electron chi connectivity index (χ1n) is 9.90. The Bertz CT molecular complexity index is 1010. The van der Waals surface area contributed by atoms with Crippen molar-refractivity contribution in [3.8, 4) is 12.3 Å². The van der Waals surface area contributed by atoms with Gasteiger partial charge in [-0.1, -0.05) is 5.92 Å². The summed E-state index contributed by atoms with van der Waals surface area (Å²) in [5.74, 6) is 2.28. The van der Waals surface area contributed by atoms with Gasteiger partial charge in [0.1, 0.15) is 17.6 Å². The lowest BCUT2D eigenvalue weighted by atomic mass is 9.83. The van der Waals surface area contributed by atoms with E-state index in [9.17, 15) is 18.9 Å². The first kappa shape index (κ1) is 23.4. The molecular formula is C19H25N2O9P. The van der Waals surface area contributed by atoms with Gasteiger partial charge < -0.3 is 9.47 Å². The summed E-state index contributed by atoms with van der Waals surface area (Å²) in [6.07, 6.45) is 5.65. The van der Waals surface area contributed by atoms with Crippen molar-refractivity contribution in [2.45, 2.75) is 51.5 Å². The van der Waals surface area contributed by atoms with Crippen LogP contribution in [0.1, 0.15) is 39.3 Å². The number of phosphoric ester groups is 1. The highest BCUT2D eigenvalue weighted by Gasteiger charge is 2.60. The van der Waals surface area contributed by atoms with Gasteiger partial charge in [0.2, 0.25) is 0 Å². The number of aromatic amines is 1. The topological polar surface area (TPSA) is 135 Å². The molecule has 2 fully saturated rings. The van der Waals surface area contributed by atoms with Gasteiger partial charge in [0.25, 0.3) is 5.56 Å². The maximum Gasteiger partial charge on any atom is 0.475 e. The highest BCUT2D eigenvalue weighted by molar-refractivity contribution is 7.48. The van der Waals surface area contributed by atoms with Crippen LogP contribution in [0, 0.1) is 17.8 Å². The molecule has 1 aromatic rings. The van der Waals surface area contributed by atoms with Crippen molar-refractivity contribution >= 4 is 13.8 Å². The van der Waals surface area contributed by atoms with Crippen LogP contribution >= 0.6 is 7.82 Å². The molecule has 0 radical (unpaired) electrons. The van der Waals surface area contributed by atoms with E-state index in [1.165, 1.54) is 12.3 Å². The Morgan fingerprint density at radius 1 is 1.45 bits per heavy atom. The number of unbranched alkanes of at least 4 members (excludes halogenated alkanes) is 1. The number of rotatable bonds is 8. The summed E-state index contributed by atoms with van der Waals surface area (Å²) in [6.45, 7) is 3.61. The van der Waals surface area contributed by atoms with Gasteiger partial charge in [-0.3, -0.25) is 32.7 Å². The molecule has 2 saturated heterocycles. The van der Waals surface area contributed by atoms with E-state index in [4.69, 9.17) is 29.5 Å². The van der Waals surface area contributed by atoms with Gasteiger partial charge in [-0.2, -0.15) is 0 Å². The average molecular weight is 456 g/mol. The summed E-state index contributed by atoms with van der Waals surface area (Å²) in [6, 6.07) is 1.17. The molecule has 1 N–H and O–H groups in total. The predicted octanol–water partition coefficient (Wildman–Crippen LogP) is 1.35. The number of nitrogens with zero attached hydrogens (tertiary/aromatic N) is 1. The van der Waals surface area contributed by atoms with Crippen LogP contribution in [-0.4, -0.2) is 47.5 Å². The maximum absolute atomic E-state index is 12.9. The summed E-state index contributed by atoms with van der Waals surface area (Å²) in [5, 5.41) is 0. The normalized spacial score (nSPS) is 32.2. The van der Waals surface area contributed by atoms with Gasteiger partial charge in [0, 0.05) is 18.7 Å². The molecule has 3 heterocycles. The van der Waals surface area contributed by atoms with E-state index in [1.807, 2.05) is 0 Å². The van der Waals surface area contributed by atoms with Crippen LogP contribution in [0.2, 0.25) is 0 Å². The van der Waals surface area contributed by atoms with Crippen LogP contribution in [0.4, 0.5) is 0 Å². The Morgan fingerprint density at radius 2 is 2.23 bits per heavy atom. The molecule has 11 nitrogen and oxygen atoms in total. The van der Waals surface area contributed by atoms with Gasteiger partial charge in [-0.25, -0.2) is 9.36 Å². The molecule has 31 heavy (non-hydrogen) atoms. The van der Waals surface area contributed by atoms with Crippen LogP contribution in [-0.2, 0) is 32.4 Å². The molecule has 3 rings (SSSR count). The molecule has 2 aliphatic heterocycles. The van der Waals surface area contributed by atoms with E-state index in [2.05, 4.69) is 10.9 Å². The summed E-state index contributed by atoms with van der Waals surface area (Å²) in [5.41, 5.74) is -2.45. The number of aromatic nitrogens is 2. The number of fused-ring (bicyclic) bond motifs is 1. The molecule has 1 aromatic heterocycles. The van der Waals surface area contributed by atoms with E-state index >= 15 is 0 Å². The minimum absolute atomic E-state index is 0.0461. The molecule has 2 aliphatic rings. The number of terminal acetylenes is 1. The van der Waals surface area contributed by atoms with Gasteiger partial charge >= 0.3 is 19.5 Å². The Labute approximate surface area is 178 Å². The monoisotopic (exact) mass is 456 g/mol. The quantitative estimate of drug-likeness (QED) is 0.266. The molecule has 5 atom stereocenters. The summed E-state index contributed by atoms with van der Waals surface area (Å²) in [7, 11) is -3.93. The fourth-order valence-electron chi connectivity index (χ4n) is 3.51. The average Bonchev–Trinajstić information content (AvgIpc) is 3.00. The Kier molecular flexibility index (Phi) is 7.19. The molecule has 170 valence electrons. The number of esters is 1. The number of carbonyl (C=O) groups excluding carboxylic acids is 1. The van der Waals surface area contributed by atoms with Crippen LogP contribution in [0.3, 0.4) is 0 Å². The molecule has 0 saturated carbocycles. The number of phosphoric acid groups is 1. The van der Waals surface area contributed by atoms with Crippen LogP contribution < -0.4 is 11.2 Å². The largest absolute Gasteiger partial charge is 0.475 e. The molecule has 0 amide bonds. The first-order chi connectivity index (χ1) is 14.7. The zero-order valence-electron chi connectivity index (χ0n) is 17.3. The van der Waals surface area contributed by atoms with Gasteiger partial charge in [0.05, 0.1) is 19.8 Å². The summed E-state index contributed by atoms with van der Waals surface area (Å²) >= 11 is 0. The Morgan fingerprint density at radius 3 is 2.90 bits per heavy atom. The molecule has 0 spiro atoms. The van der Waals surface area contributed by atoms with Crippen molar-refractivity contribution in [3.63, 3.8) is 0 Å². The third-order valence-electron chi connectivity index (χ3n) is 5.13. The highest BCUT2D eigenvalue weighted by Crippen LogP contribution is 2.60. The maximum atomic E-state index is 12.9. The standard InChI is InChI=1S/C19H25N2O9P/c1-4-19(3)16-13(29-17(19)21-10-9-14(22)20-18(21)24)12-28-31(25,30-16)27-11-7-6-8-15(23)26-5-2/h1,9-10,13,16-17H,5-8,11-12H2,2-3H3,(H,20,22,24)/t13-,16-,17-,19-,31?/m1/s1. The van der Waals surface area contributed by atoms with E-state index in [0.29, 0.717) is 19.4 Å². The van der Waals surface area contributed by atoms with Crippen molar-refractivity contribution in [2.24, 2.45) is 5.41 Å². The van der Waals surface area contributed by atoms with Crippen molar-refractivity contribution in [1.29, 1.82) is 0 Å². The summed E-state index contributed by atoms with van der Waals surface area (Å²) in [4.78, 5) is 37.1. The number of nitrogens with one attached hydrogen (secondary N) is 1. The molecule has 0 aliphatic carbocycles. The minimum atomic E-state index is -3.93. The van der Waals surface area contributed by atoms with Crippen LogP contribution in [0.25, 0.3) is 0 Å². The van der Waals surface area contributed by atoms with Gasteiger partial charge in [-0.15, -0.1) is 6.42 Å². The van der Waals surface area contributed by atoms with E-state index in [0.717, 1.165) is 4.57 Å². The second-order valence-corrected chi connectivity index (χ2v) is 8.96. The fraction of sp³-hybridized carbons (Fsp3) is 0.632. The number of H-pyrrole nitrogens is 1. The molecular weight excluding hydrogens is 431 g/mol. The molecule has 0 aromatic carbocycles. The van der Waals surface area contributed by atoms with Gasteiger partial charge in [0.15, 0.2) is 6.23 Å². The van der Waals surface area contributed by atoms with E-state index < -0.39 is 42.9 Å². The van der Waals surface area contributed by atoms with Crippen molar-refractivity contribution in [2.75, 3.05) is 19.8 Å². The van der Waals surface area contributed by atoms with Crippen LogP contribution in [0.15, 0.2) is 21.9 Å². The zero-order valence-corrected chi connectivity index (χ0v) is 18.2. The Hall–Kier alpha value is -2.22. The van der Waals surface area contributed by atoms with Crippen molar-refractivity contribution in [3.05, 3.63) is 33.1 Å². The van der Waals surface area contributed by atoms with Crippen molar-refractivity contribution < 1.29 is 32.4 Å². The first-order valence-corrected chi connectivity index (χ1v) is 11.4. The predicted molar refractivity (Wildman–Crippen MR) is 107 cm³/mol. The molecule has 1 unspecified atom stereocenters. The van der Waals surface area contributed by atoms with E-state index in [-0.39, 0.29) is 25.6 Å². The van der Waals surface area contributed by atoms with Crippen molar-refractivity contribution in [1.82, 2.24) is 9.55 Å². The smallest absolute Gasteiger partial charge is 0.466 e. The van der Waals surface area contributed by atoms with Gasteiger partial charge in [-0.05, 0) is 26.7 Å². The second-order valence-electron chi connectivity index (χ2n) is 7.34. The zero-order chi connectivity index (χ0) is 22.6. The minimum Gasteiger partial charge on any atom is -0.466 e. The number of hydrogen-bond acceptors (Lipinski definition) is 9. The SMILES string of the molecule is C#C[C@]1(C)[C@@H]2OP(=O)(OCCCCC(=O)OCC)OC[C@H]2O[C@H]1n1ccc(=O)[nH]c1=O. The third kappa shape index (κ3) is 5.00. The van der Waals surface area contributed by atoms with Crippen LogP contribution in [0.5, 0.6) is 0 Å². The highest BCUT2D eigenvalue weighted by atomic mass is 31.2. The second kappa shape index (κ2) is 9.51. The summed E-state index contributed by atoms with van der Waals surface area (Å²) < 4.78 is 41.1. The number of carbonyl (C=O) groups is 1. The lowest BCUT2D eigenvalue weighted by molar-refractivity contribution is -0.143. The fourth-order valence-corrected chi connectivity index (χ4v) is 5.02. The number of hydrogen-bond donors (Lipinski definition) is 1. The lowest BCUT2D eigenvalue weighted by Crippen LogP contribution is -2.43. The number of ether oxygens (including phenoxy) is 2. The molecule has 0 bridgehead atoms.